The third-order valence-electron chi connectivity index (χ3n) is 2.38. The summed E-state index contributed by atoms with van der Waals surface area (Å²) in [4.78, 5) is 16.1. The minimum absolute atomic E-state index is 0.0156. The highest BCUT2D eigenvalue weighted by Crippen LogP contribution is 2.17. The zero-order valence-electron chi connectivity index (χ0n) is 10.1. The molecule has 0 aliphatic rings. The first kappa shape index (κ1) is 12.6. The molecule has 0 unspecified atom stereocenters. The van der Waals surface area contributed by atoms with Crippen molar-refractivity contribution < 1.29 is 9.53 Å². The highest BCUT2D eigenvalue weighted by atomic mass is 32.1. The highest BCUT2D eigenvalue weighted by molar-refractivity contribution is 7.13. The largest absolute Gasteiger partial charge is 0.494 e. The van der Waals surface area contributed by atoms with Gasteiger partial charge in [-0.25, -0.2) is 4.98 Å². The van der Waals surface area contributed by atoms with Gasteiger partial charge in [0, 0.05) is 10.9 Å². The van der Waals surface area contributed by atoms with Gasteiger partial charge in [0.1, 0.15) is 5.75 Å². The van der Waals surface area contributed by atoms with Crippen LogP contribution in [-0.2, 0) is 6.42 Å². The van der Waals surface area contributed by atoms with Crippen LogP contribution < -0.4 is 10.5 Å². The van der Waals surface area contributed by atoms with Crippen molar-refractivity contribution >= 4 is 22.3 Å². The van der Waals surface area contributed by atoms with E-state index in [-0.39, 0.29) is 12.2 Å². The molecule has 0 aliphatic heterocycles. The van der Waals surface area contributed by atoms with Crippen LogP contribution in [0.15, 0.2) is 29.6 Å². The van der Waals surface area contributed by atoms with Crippen LogP contribution in [0.4, 0.5) is 5.13 Å². The molecule has 2 N–H and O–H groups in total. The lowest BCUT2D eigenvalue weighted by Gasteiger charge is -2.04. The molecule has 1 aromatic carbocycles. The summed E-state index contributed by atoms with van der Waals surface area (Å²) in [6.07, 6.45) is 0.267. The Morgan fingerprint density at radius 2 is 2.33 bits per heavy atom. The van der Waals surface area contributed by atoms with E-state index in [0.29, 0.717) is 28.7 Å². The average Bonchev–Trinajstić information content (AvgIpc) is 2.75. The van der Waals surface area contributed by atoms with E-state index in [2.05, 4.69) is 4.98 Å². The molecule has 0 saturated heterocycles. The third kappa shape index (κ3) is 3.07. The Labute approximate surface area is 109 Å². The molecule has 18 heavy (non-hydrogen) atoms. The van der Waals surface area contributed by atoms with E-state index < -0.39 is 0 Å². The van der Waals surface area contributed by atoms with Crippen LogP contribution in [0.25, 0.3) is 0 Å². The minimum atomic E-state index is 0.0156. The van der Waals surface area contributed by atoms with Gasteiger partial charge in [-0.05, 0) is 19.1 Å². The Morgan fingerprint density at radius 3 is 3.00 bits per heavy atom. The molecule has 0 radical (unpaired) electrons. The molecule has 2 rings (SSSR count). The van der Waals surface area contributed by atoms with Gasteiger partial charge in [0.2, 0.25) is 0 Å². The van der Waals surface area contributed by atoms with Crippen LogP contribution >= 0.6 is 11.3 Å². The topological polar surface area (TPSA) is 65.2 Å². The van der Waals surface area contributed by atoms with Crippen molar-refractivity contribution in [1.82, 2.24) is 4.98 Å². The highest BCUT2D eigenvalue weighted by Gasteiger charge is 2.10. The normalized spacial score (nSPS) is 10.3. The van der Waals surface area contributed by atoms with Crippen molar-refractivity contribution in [2.45, 2.75) is 13.3 Å². The number of carbonyl (C=O) groups is 1. The Morgan fingerprint density at radius 1 is 1.50 bits per heavy atom. The van der Waals surface area contributed by atoms with Gasteiger partial charge in [-0.1, -0.05) is 12.1 Å². The van der Waals surface area contributed by atoms with Gasteiger partial charge in [-0.15, -0.1) is 11.3 Å². The Balaban J connectivity index is 2.11. The summed E-state index contributed by atoms with van der Waals surface area (Å²) >= 11 is 1.34. The van der Waals surface area contributed by atoms with Crippen molar-refractivity contribution in [3.05, 3.63) is 40.9 Å². The fraction of sp³-hybridized carbons (Fsp3) is 0.231. The number of ether oxygens (including phenoxy) is 1. The predicted octanol–water partition coefficient (Wildman–Crippen LogP) is 2.55. The second-order valence-corrected chi connectivity index (χ2v) is 4.63. The number of nitrogens with zero attached hydrogens (tertiary/aromatic N) is 1. The molecular weight excluding hydrogens is 248 g/mol. The third-order valence-corrected chi connectivity index (χ3v) is 3.10. The summed E-state index contributed by atoms with van der Waals surface area (Å²) in [6, 6.07) is 7.18. The van der Waals surface area contributed by atoms with Gasteiger partial charge >= 0.3 is 0 Å². The standard InChI is InChI=1S/C13H14N2O2S/c1-2-17-11-5-3-4-9(6-11)12(16)7-10-8-18-13(14)15-10/h3-6,8H,2,7H2,1H3,(H2,14,15). The monoisotopic (exact) mass is 262 g/mol. The van der Waals surface area contributed by atoms with Gasteiger partial charge in [0.25, 0.3) is 0 Å². The van der Waals surface area contributed by atoms with E-state index in [1.54, 1.807) is 17.5 Å². The number of anilines is 1. The number of hydrogen-bond donors (Lipinski definition) is 1. The quantitative estimate of drug-likeness (QED) is 0.841. The van der Waals surface area contributed by atoms with Crippen LogP contribution in [-0.4, -0.2) is 17.4 Å². The van der Waals surface area contributed by atoms with E-state index in [4.69, 9.17) is 10.5 Å². The molecule has 2 aromatic rings. The van der Waals surface area contributed by atoms with Crippen molar-refractivity contribution in [3.8, 4) is 5.75 Å². The number of nitrogen functional groups attached to an aromatic ring is 1. The maximum atomic E-state index is 12.0. The van der Waals surface area contributed by atoms with E-state index in [1.165, 1.54) is 11.3 Å². The summed E-state index contributed by atoms with van der Waals surface area (Å²) in [7, 11) is 0. The molecule has 0 atom stereocenters. The second kappa shape index (κ2) is 5.64. The zero-order valence-corrected chi connectivity index (χ0v) is 10.9. The van der Waals surface area contributed by atoms with E-state index >= 15 is 0 Å². The molecule has 5 heteroatoms. The number of thiazole rings is 1. The zero-order chi connectivity index (χ0) is 13.0. The van der Waals surface area contributed by atoms with Gasteiger partial charge in [0.05, 0.1) is 18.7 Å². The van der Waals surface area contributed by atoms with Gasteiger partial charge in [0.15, 0.2) is 10.9 Å². The Kier molecular flexibility index (Phi) is 3.94. The summed E-state index contributed by atoms with van der Waals surface area (Å²) in [5, 5.41) is 2.29. The Hall–Kier alpha value is -1.88. The number of hydrogen-bond acceptors (Lipinski definition) is 5. The molecule has 94 valence electrons. The summed E-state index contributed by atoms with van der Waals surface area (Å²) in [5.41, 5.74) is 6.88. The number of nitrogens with two attached hydrogens (primary N) is 1. The summed E-state index contributed by atoms with van der Waals surface area (Å²) < 4.78 is 5.37. The number of ketones is 1. The maximum absolute atomic E-state index is 12.0. The smallest absolute Gasteiger partial charge is 0.180 e. The van der Waals surface area contributed by atoms with Crippen LogP contribution in [0.2, 0.25) is 0 Å². The van der Waals surface area contributed by atoms with Crippen LogP contribution in [0.1, 0.15) is 23.0 Å². The predicted molar refractivity (Wildman–Crippen MR) is 72.2 cm³/mol. The molecule has 0 aliphatic carbocycles. The van der Waals surface area contributed by atoms with Crippen LogP contribution in [0.5, 0.6) is 5.75 Å². The molecule has 0 amide bonds. The fourth-order valence-corrected chi connectivity index (χ4v) is 2.16. The number of benzene rings is 1. The Bertz CT molecular complexity index is 551. The van der Waals surface area contributed by atoms with Gasteiger partial charge in [-0.2, -0.15) is 0 Å². The first-order valence-corrected chi connectivity index (χ1v) is 6.53. The molecule has 0 saturated carbocycles. The molecule has 4 nitrogen and oxygen atoms in total. The second-order valence-electron chi connectivity index (χ2n) is 3.74. The fourth-order valence-electron chi connectivity index (χ4n) is 1.60. The SMILES string of the molecule is CCOc1cccc(C(=O)Cc2csc(N)n2)c1. The molecular formula is C13H14N2O2S. The number of aromatic nitrogens is 1. The maximum Gasteiger partial charge on any atom is 0.180 e. The first-order chi connectivity index (χ1) is 8.69. The average molecular weight is 262 g/mol. The lowest BCUT2D eigenvalue weighted by Crippen LogP contribution is -2.04. The lowest BCUT2D eigenvalue weighted by molar-refractivity contribution is 0.0991. The van der Waals surface area contributed by atoms with E-state index in [1.807, 2.05) is 19.1 Å². The summed E-state index contributed by atoms with van der Waals surface area (Å²) in [5.74, 6) is 0.725. The van der Waals surface area contributed by atoms with E-state index in [0.717, 1.165) is 0 Å². The van der Waals surface area contributed by atoms with Crippen molar-refractivity contribution in [2.75, 3.05) is 12.3 Å². The molecule has 0 spiro atoms. The van der Waals surface area contributed by atoms with Gasteiger partial charge in [-0.3, -0.25) is 4.79 Å². The lowest BCUT2D eigenvalue weighted by atomic mass is 10.1. The molecule has 0 bridgehead atoms. The molecule has 0 fully saturated rings. The number of carbonyl (C=O) groups excluding carboxylic acids is 1. The van der Waals surface area contributed by atoms with Crippen molar-refractivity contribution in [3.63, 3.8) is 0 Å². The van der Waals surface area contributed by atoms with E-state index in [9.17, 15) is 4.79 Å². The van der Waals surface area contributed by atoms with Crippen molar-refractivity contribution in [2.24, 2.45) is 0 Å². The summed E-state index contributed by atoms with van der Waals surface area (Å²) in [6.45, 7) is 2.49. The minimum Gasteiger partial charge on any atom is -0.494 e. The van der Waals surface area contributed by atoms with Crippen LogP contribution in [0, 0.1) is 0 Å². The molecule has 1 heterocycles. The first-order valence-electron chi connectivity index (χ1n) is 5.65. The van der Waals surface area contributed by atoms with Gasteiger partial charge < -0.3 is 10.5 Å². The molecule has 1 aromatic heterocycles. The van der Waals surface area contributed by atoms with Crippen LogP contribution in [0.3, 0.4) is 0 Å². The number of Topliss-reactive ketones (excluding diaryl/α,β-unsaturated/α-hetero) is 1. The number of rotatable bonds is 5. The van der Waals surface area contributed by atoms with Crippen molar-refractivity contribution in [1.29, 1.82) is 0 Å².